The van der Waals surface area contributed by atoms with Crippen molar-refractivity contribution in [3.8, 4) is 0 Å². The first-order chi connectivity index (χ1) is 11.2. The summed E-state index contributed by atoms with van der Waals surface area (Å²) in [6, 6.07) is 10.4. The predicted molar refractivity (Wildman–Crippen MR) is 95.5 cm³/mol. The van der Waals surface area contributed by atoms with Crippen LogP contribution in [0.3, 0.4) is 0 Å². The first-order valence-electron chi connectivity index (χ1n) is 8.90. The summed E-state index contributed by atoms with van der Waals surface area (Å²) in [4.78, 5) is 14.1. The van der Waals surface area contributed by atoms with E-state index in [0.29, 0.717) is 6.54 Å². The van der Waals surface area contributed by atoms with E-state index in [1.54, 1.807) is 0 Å². The second-order valence-electron chi connectivity index (χ2n) is 6.82. The number of likely N-dealkylation sites (N-methyl/N-ethyl adjacent to an activating group) is 1. The van der Waals surface area contributed by atoms with E-state index in [1.165, 1.54) is 37.7 Å². The molecule has 0 aromatic heterocycles. The molecule has 4 nitrogen and oxygen atoms in total. The summed E-state index contributed by atoms with van der Waals surface area (Å²) in [5.74, 6) is 0.899. The Morgan fingerprint density at radius 3 is 2.52 bits per heavy atom. The molecule has 1 aliphatic carbocycles. The van der Waals surface area contributed by atoms with Crippen LogP contribution in [0, 0.1) is 5.92 Å². The highest BCUT2D eigenvalue weighted by molar-refractivity contribution is 5.73. The van der Waals surface area contributed by atoms with Crippen molar-refractivity contribution in [2.45, 2.75) is 44.6 Å². The van der Waals surface area contributed by atoms with E-state index >= 15 is 0 Å². The molecule has 1 saturated carbocycles. The molecule has 1 aliphatic rings. The van der Waals surface area contributed by atoms with Crippen molar-refractivity contribution in [3.63, 3.8) is 0 Å². The van der Waals surface area contributed by atoms with E-state index in [9.17, 15) is 4.79 Å². The van der Waals surface area contributed by atoms with Gasteiger partial charge in [0.15, 0.2) is 0 Å². The summed E-state index contributed by atoms with van der Waals surface area (Å²) in [6.07, 6.45) is 7.90. The van der Waals surface area contributed by atoms with Gasteiger partial charge < -0.3 is 15.5 Å². The number of nitrogens with one attached hydrogen (secondary N) is 2. The number of rotatable bonds is 8. The highest BCUT2D eigenvalue weighted by atomic mass is 16.2. The summed E-state index contributed by atoms with van der Waals surface area (Å²) in [5, 5.41) is 5.98. The van der Waals surface area contributed by atoms with Gasteiger partial charge in [-0.05, 0) is 38.4 Å². The molecule has 23 heavy (non-hydrogen) atoms. The third-order valence-electron chi connectivity index (χ3n) is 4.81. The molecule has 1 atom stereocenters. The van der Waals surface area contributed by atoms with E-state index in [4.69, 9.17) is 0 Å². The Morgan fingerprint density at radius 1 is 1.17 bits per heavy atom. The summed E-state index contributed by atoms with van der Waals surface area (Å²) >= 11 is 0. The van der Waals surface area contributed by atoms with Crippen LogP contribution in [-0.4, -0.2) is 38.1 Å². The molecule has 0 bridgehead atoms. The minimum Gasteiger partial charge on any atom is -0.338 e. The van der Waals surface area contributed by atoms with Gasteiger partial charge in [0, 0.05) is 13.1 Å². The van der Waals surface area contributed by atoms with Crippen LogP contribution in [0.4, 0.5) is 4.79 Å². The van der Waals surface area contributed by atoms with Gasteiger partial charge in [0.1, 0.15) is 0 Å². The Balaban J connectivity index is 1.65. The maximum Gasteiger partial charge on any atom is 0.314 e. The highest BCUT2D eigenvalue weighted by Gasteiger charge is 2.16. The van der Waals surface area contributed by atoms with Crippen molar-refractivity contribution >= 4 is 6.03 Å². The van der Waals surface area contributed by atoms with Gasteiger partial charge in [-0.25, -0.2) is 4.79 Å². The number of urea groups is 1. The predicted octanol–water partition coefficient (Wildman–Crippen LogP) is 3.56. The smallest absolute Gasteiger partial charge is 0.314 e. The third-order valence-corrected chi connectivity index (χ3v) is 4.81. The zero-order valence-electron chi connectivity index (χ0n) is 14.6. The van der Waals surface area contributed by atoms with Crippen LogP contribution in [0.1, 0.15) is 50.1 Å². The monoisotopic (exact) mass is 317 g/mol. The van der Waals surface area contributed by atoms with Crippen molar-refractivity contribution in [1.29, 1.82) is 0 Å². The zero-order chi connectivity index (χ0) is 16.5. The van der Waals surface area contributed by atoms with Crippen molar-refractivity contribution in [3.05, 3.63) is 35.9 Å². The van der Waals surface area contributed by atoms with Gasteiger partial charge in [0.25, 0.3) is 0 Å². The molecule has 2 rings (SSSR count). The highest BCUT2D eigenvalue weighted by Crippen LogP contribution is 2.28. The lowest BCUT2D eigenvalue weighted by atomic mass is 10.0. The van der Waals surface area contributed by atoms with E-state index in [-0.39, 0.29) is 12.1 Å². The van der Waals surface area contributed by atoms with Gasteiger partial charge in [0.05, 0.1) is 6.04 Å². The average molecular weight is 317 g/mol. The molecule has 0 spiro atoms. The van der Waals surface area contributed by atoms with Gasteiger partial charge in [0.2, 0.25) is 0 Å². The molecule has 4 heteroatoms. The molecule has 0 heterocycles. The van der Waals surface area contributed by atoms with Crippen molar-refractivity contribution in [2.75, 3.05) is 27.2 Å². The van der Waals surface area contributed by atoms with E-state index in [2.05, 4.69) is 27.7 Å². The van der Waals surface area contributed by atoms with Crippen molar-refractivity contribution in [1.82, 2.24) is 15.5 Å². The van der Waals surface area contributed by atoms with Crippen molar-refractivity contribution in [2.24, 2.45) is 5.92 Å². The first kappa shape index (κ1) is 17.8. The maximum atomic E-state index is 12.0. The lowest BCUT2D eigenvalue weighted by molar-refractivity contribution is 0.232. The summed E-state index contributed by atoms with van der Waals surface area (Å²) < 4.78 is 0. The van der Waals surface area contributed by atoms with E-state index < -0.39 is 0 Å². The van der Waals surface area contributed by atoms with Crippen LogP contribution in [0.25, 0.3) is 0 Å². The number of hydrogen-bond donors (Lipinski definition) is 2. The Morgan fingerprint density at radius 2 is 1.87 bits per heavy atom. The Hall–Kier alpha value is -1.55. The van der Waals surface area contributed by atoms with Gasteiger partial charge in [-0.15, -0.1) is 0 Å². The number of carbonyl (C=O) groups is 1. The molecule has 0 radical (unpaired) electrons. The SMILES string of the molecule is CN(C)C(CNC(=O)NCCCC1CCCC1)c1ccccc1. The Kier molecular flexibility index (Phi) is 7.40. The second kappa shape index (κ2) is 9.56. The normalized spacial score (nSPS) is 16.5. The number of nitrogens with zero attached hydrogens (tertiary/aromatic N) is 1. The fourth-order valence-corrected chi connectivity index (χ4v) is 3.42. The van der Waals surface area contributed by atoms with Crippen LogP contribution in [0.2, 0.25) is 0 Å². The van der Waals surface area contributed by atoms with Gasteiger partial charge in [-0.3, -0.25) is 0 Å². The molecular formula is C19H31N3O. The second-order valence-corrected chi connectivity index (χ2v) is 6.82. The van der Waals surface area contributed by atoms with Crippen LogP contribution in [-0.2, 0) is 0 Å². The summed E-state index contributed by atoms with van der Waals surface area (Å²) in [7, 11) is 4.08. The van der Waals surface area contributed by atoms with E-state index in [1.807, 2.05) is 32.3 Å². The topological polar surface area (TPSA) is 44.4 Å². The number of benzene rings is 1. The third kappa shape index (κ3) is 6.22. The van der Waals surface area contributed by atoms with Crippen LogP contribution >= 0.6 is 0 Å². The van der Waals surface area contributed by atoms with Gasteiger partial charge in [-0.2, -0.15) is 0 Å². The molecule has 0 saturated heterocycles. The Bertz CT molecular complexity index is 455. The molecule has 0 aliphatic heterocycles. The zero-order valence-corrected chi connectivity index (χ0v) is 14.6. The molecule has 1 aromatic rings. The molecule has 1 unspecified atom stereocenters. The number of carbonyl (C=O) groups excluding carboxylic acids is 1. The summed E-state index contributed by atoms with van der Waals surface area (Å²) in [5.41, 5.74) is 1.22. The van der Waals surface area contributed by atoms with E-state index in [0.717, 1.165) is 18.9 Å². The largest absolute Gasteiger partial charge is 0.338 e. The molecule has 2 amide bonds. The first-order valence-corrected chi connectivity index (χ1v) is 8.90. The average Bonchev–Trinajstić information content (AvgIpc) is 3.06. The van der Waals surface area contributed by atoms with Crippen LogP contribution in [0.5, 0.6) is 0 Å². The standard InChI is InChI=1S/C19H31N3O/c1-22(2)18(17-12-4-3-5-13-17)15-21-19(23)20-14-8-11-16-9-6-7-10-16/h3-5,12-13,16,18H,6-11,14-15H2,1-2H3,(H2,20,21,23). The fourth-order valence-electron chi connectivity index (χ4n) is 3.42. The minimum absolute atomic E-state index is 0.0563. The van der Waals surface area contributed by atoms with Gasteiger partial charge in [-0.1, -0.05) is 56.0 Å². The molecule has 1 fully saturated rings. The molecule has 1 aromatic carbocycles. The lowest BCUT2D eigenvalue weighted by Gasteiger charge is -2.25. The van der Waals surface area contributed by atoms with Crippen LogP contribution in [0.15, 0.2) is 30.3 Å². The fraction of sp³-hybridized carbons (Fsp3) is 0.632. The molecule has 128 valence electrons. The number of amides is 2. The van der Waals surface area contributed by atoms with Crippen molar-refractivity contribution < 1.29 is 4.79 Å². The van der Waals surface area contributed by atoms with Crippen LogP contribution < -0.4 is 10.6 Å². The molecule has 2 N–H and O–H groups in total. The summed E-state index contributed by atoms with van der Waals surface area (Å²) in [6.45, 7) is 1.39. The minimum atomic E-state index is -0.0563. The maximum absolute atomic E-state index is 12.0. The number of hydrogen-bond acceptors (Lipinski definition) is 2. The van der Waals surface area contributed by atoms with Gasteiger partial charge >= 0.3 is 6.03 Å². The lowest BCUT2D eigenvalue weighted by Crippen LogP contribution is -2.40. The Labute approximate surface area is 140 Å². The molecular weight excluding hydrogens is 286 g/mol. The quantitative estimate of drug-likeness (QED) is 0.720.